The molecular formula is C19H28FN3O2. The lowest BCUT2D eigenvalue weighted by Crippen LogP contribution is -2.51. The quantitative estimate of drug-likeness (QED) is 0.648. The first-order valence-electron chi connectivity index (χ1n) is 9.16. The molecule has 1 aromatic carbocycles. The maximum absolute atomic E-state index is 13.2. The summed E-state index contributed by atoms with van der Waals surface area (Å²) in [7, 11) is 0. The van der Waals surface area contributed by atoms with Gasteiger partial charge in [-0.15, -0.1) is 0 Å². The number of aliphatic imine (C=N–C) groups is 1. The number of nitrogens with one attached hydrogen (secondary N) is 1. The number of benzene rings is 1. The van der Waals surface area contributed by atoms with E-state index >= 15 is 0 Å². The lowest BCUT2D eigenvalue weighted by molar-refractivity contribution is -0.0609. The standard InChI is InChI=1S/C19H28FN3O2/c1-3-21-18(22-13-19(24)9-4-10-19)23-11-14(2)25-17(12-23)15-5-7-16(20)8-6-15/h5-8,14,17,24H,3-4,9-13H2,1-2H3,(H,21,22). The van der Waals surface area contributed by atoms with Gasteiger partial charge in [0.15, 0.2) is 5.96 Å². The monoisotopic (exact) mass is 349 g/mol. The van der Waals surface area contributed by atoms with Gasteiger partial charge in [0.25, 0.3) is 0 Å². The van der Waals surface area contributed by atoms with Crippen LogP contribution in [-0.2, 0) is 4.74 Å². The third kappa shape index (κ3) is 4.50. The van der Waals surface area contributed by atoms with Gasteiger partial charge in [0.1, 0.15) is 11.9 Å². The number of nitrogens with zero attached hydrogens (tertiary/aromatic N) is 2. The Bertz CT molecular complexity index is 601. The molecule has 2 atom stereocenters. The van der Waals surface area contributed by atoms with E-state index in [0.29, 0.717) is 13.1 Å². The van der Waals surface area contributed by atoms with Crippen LogP contribution in [0.15, 0.2) is 29.3 Å². The molecule has 5 nitrogen and oxygen atoms in total. The van der Waals surface area contributed by atoms with Gasteiger partial charge in [0.05, 0.1) is 24.8 Å². The SMILES string of the molecule is CCNC(=NCC1(O)CCC1)N1CC(C)OC(c2ccc(F)cc2)C1. The second-order valence-electron chi connectivity index (χ2n) is 7.14. The van der Waals surface area contributed by atoms with E-state index in [-0.39, 0.29) is 18.0 Å². The van der Waals surface area contributed by atoms with E-state index in [1.165, 1.54) is 12.1 Å². The van der Waals surface area contributed by atoms with Crippen molar-refractivity contribution in [2.45, 2.75) is 50.9 Å². The largest absolute Gasteiger partial charge is 0.388 e. The second-order valence-corrected chi connectivity index (χ2v) is 7.14. The maximum Gasteiger partial charge on any atom is 0.194 e. The number of morpholine rings is 1. The highest BCUT2D eigenvalue weighted by molar-refractivity contribution is 5.80. The highest BCUT2D eigenvalue weighted by Gasteiger charge is 2.35. The van der Waals surface area contributed by atoms with Crippen LogP contribution in [0.4, 0.5) is 4.39 Å². The molecule has 2 unspecified atom stereocenters. The van der Waals surface area contributed by atoms with E-state index in [0.717, 1.165) is 43.9 Å². The lowest BCUT2D eigenvalue weighted by atomic mass is 9.80. The molecule has 0 radical (unpaired) electrons. The molecule has 1 aliphatic heterocycles. The number of hydrogen-bond donors (Lipinski definition) is 2. The molecule has 138 valence electrons. The summed E-state index contributed by atoms with van der Waals surface area (Å²) in [6, 6.07) is 6.48. The Hall–Kier alpha value is -1.66. The fourth-order valence-corrected chi connectivity index (χ4v) is 3.38. The zero-order valence-corrected chi connectivity index (χ0v) is 15.0. The van der Waals surface area contributed by atoms with Crippen molar-refractivity contribution in [2.24, 2.45) is 4.99 Å². The van der Waals surface area contributed by atoms with Crippen LogP contribution in [0.3, 0.4) is 0 Å². The number of guanidine groups is 1. The summed E-state index contributed by atoms with van der Waals surface area (Å²) in [6.45, 7) is 6.66. The van der Waals surface area contributed by atoms with Gasteiger partial charge < -0.3 is 20.1 Å². The van der Waals surface area contributed by atoms with Gasteiger partial charge >= 0.3 is 0 Å². The number of rotatable bonds is 4. The van der Waals surface area contributed by atoms with Gasteiger partial charge in [-0.3, -0.25) is 4.99 Å². The molecule has 0 aromatic heterocycles. The molecule has 2 fully saturated rings. The number of halogens is 1. The Labute approximate surface area is 148 Å². The van der Waals surface area contributed by atoms with Crippen molar-refractivity contribution in [3.63, 3.8) is 0 Å². The molecule has 0 bridgehead atoms. The molecule has 2 N–H and O–H groups in total. The Kier molecular flexibility index (Phi) is 5.59. The third-order valence-corrected chi connectivity index (χ3v) is 4.94. The van der Waals surface area contributed by atoms with E-state index in [1.54, 1.807) is 12.1 Å². The summed E-state index contributed by atoms with van der Waals surface area (Å²) in [5, 5.41) is 13.6. The minimum Gasteiger partial charge on any atom is -0.388 e. The van der Waals surface area contributed by atoms with Crippen LogP contribution in [0.25, 0.3) is 0 Å². The van der Waals surface area contributed by atoms with Gasteiger partial charge in [0.2, 0.25) is 0 Å². The van der Waals surface area contributed by atoms with Crippen LogP contribution >= 0.6 is 0 Å². The van der Waals surface area contributed by atoms with Crippen molar-refractivity contribution in [1.29, 1.82) is 0 Å². The molecule has 0 amide bonds. The first-order chi connectivity index (χ1) is 12.0. The summed E-state index contributed by atoms with van der Waals surface area (Å²) >= 11 is 0. The fraction of sp³-hybridized carbons (Fsp3) is 0.632. The van der Waals surface area contributed by atoms with Crippen molar-refractivity contribution in [3.05, 3.63) is 35.6 Å². The van der Waals surface area contributed by atoms with Crippen LogP contribution in [-0.4, -0.2) is 53.9 Å². The highest BCUT2D eigenvalue weighted by atomic mass is 19.1. The molecule has 0 spiro atoms. The van der Waals surface area contributed by atoms with Crippen LogP contribution in [0, 0.1) is 5.82 Å². The van der Waals surface area contributed by atoms with Crippen LogP contribution in [0.1, 0.15) is 44.8 Å². The van der Waals surface area contributed by atoms with Gasteiger partial charge in [-0.2, -0.15) is 0 Å². The topological polar surface area (TPSA) is 57.1 Å². The molecular weight excluding hydrogens is 321 g/mol. The van der Waals surface area contributed by atoms with Crippen molar-refractivity contribution in [2.75, 3.05) is 26.2 Å². The Morgan fingerprint density at radius 2 is 2.08 bits per heavy atom. The number of hydrogen-bond acceptors (Lipinski definition) is 3. The zero-order valence-electron chi connectivity index (χ0n) is 15.0. The summed E-state index contributed by atoms with van der Waals surface area (Å²) in [5.74, 6) is 0.568. The minimum atomic E-state index is -0.630. The number of ether oxygens (including phenoxy) is 1. The van der Waals surface area contributed by atoms with Crippen molar-refractivity contribution in [3.8, 4) is 0 Å². The smallest absolute Gasteiger partial charge is 0.194 e. The number of aliphatic hydroxyl groups is 1. The van der Waals surface area contributed by atoms with E-state index in [4.69, 9.17) is 4.74 Å². The minimum absolute atomic E-state index is 0.0412. The van der Waals surface area contributed by atoms with Crippen molar-refractivity contribution in [1.82, 2.24) is 10.2 Å². The highest BCUT2D eigenvalue weighted by Crippen LogP contribution is 2.32. The average Bonchev–Trinajstić information content (AvgIpc) is 2.57. The van der Waals surface area contributed by atoms with E-state index in [9.17, 15) is 9.50 Å². The average molecular weight is 349 g/mol. The van der Waals surface area contributed by atoms with Gasteiger partial charge in [-0.1, -0.05) is 12.1 Å². The third-order valence-electron chi connectivity index (χ3n) is 4.94. The molecule has 3 rings (SSSR count). The predicted molar refractivity (Wildman–Crippen MR) is 96.0 cm³/mol. The first-order valence-corrected chi connectivity index (χ1v) is 9.16. The molecule has 25 heavy (non-hydrogen) atoms. The summed E-state index contributed by atoms with van der Waals surface area (Å²) in [6.07, 6.45) is 2.64. The molecule has 1 heterocycles. The summed E-state index contributed by atoms with van der Waals surface area (Å²) in [5.41, 5.74) is 0.334. The molecule has 1 saturated carbocycles. The summed E-state index contributed by atoms with van der Waals surface area (Å²) < 4.78 is 19.2. The second kappa shape index (κ2) is 7.70. The van der Waals surface area contributed by atoms with E-state index in [1.807, 2.05) is 13.8 Å². The molecule has 6 heteroatoms. The van der Waals surface area contributed by atoms with Crippen LogP contribution < -0.4 is 5.32 Å². The molecule has 1 aromatic rings. The normalized spacial score (nSPS) is 26.2. The van der Waals surface area contributed by atoms with Crippen molar-refractivity contribution < 1.29 is 14.2 Å². The molecule has 1 saturated heterocycles. The molecule has 2 aliphatic rings. The van der Waals surface area contributed by atoms with Crippen LogP contribution in [0.2, 0.25) is 0 Å². The predicted octanol–water partition coefficient (Wildman–Crippen LogP) is 2.47. The summed E-state index contributed by atoms with van der Waals surface area (Å²) in [4.78, 5) is 6.85. The van der Waals surface area contributed by atoms with Gasteiger partial charge in [-0.25, -0.2) is 4.39 Å². The zero-order chi connectivity index (χ0) is 17.9. The van der Waals surface area contributed by atoms with Gasteiger partial charge in [0, 0.05) is 13.1 Å². The lowest BCUT2D eigenvalue weighted by Gasteiger charge is -2.40. The Balaban J connectivity index is 1.73. The Morgan fingerprint density at radius 1 is 1.36 bits per heavy atom. The Morgan fingerprint density at radius 3 is 2.68 bits per heavy atom. The first kappa shape index (κ1) is 18.1. The van der Waals surface area contributed by atoms with Gasteiger partial charge in [-0.05, 0) is 50.8 Å². The maximum atomic E-state index is 13.2. The van der Waals surface area contributed by atoms with Crippen molar-refractivity contribution >= 4 is 5.96 Å². The molecule has 1 aliphatic carbocycles. The fourth-order valence-electron chi connectivity index (χ4n) is 3.38. The van der Waals surface area contributed by atoms with E-state index in [2.05, 4.69) is 15.2 Å². The van der Waals surface area contributed by atoms with E-state index < -0.39 is 5.60 Å². The van der Waals surface area contributed by atoms with Crippen LogP contribution in [0.5, 0.6) is 0 Å².